The number of aromatic amines is 6. The summed E-state index contributed by atoms with van der Waals surface area (Å²) in [5.41, 5.74) is 9.07. The van der Waals surface area contributed by atoms with Crippen LogP contribution < -0.4 is 0 Å². The predicted molar refractivity (Wildman–Crippen MR) is 373 cm³/mol. The molecule has 18 nitrogen and oxygen atoms in total. The van der Waals surface area contributed by atoms with E-state index in [0.717, 1.165) is 74.8 Å². The highest BCUT2D eigenvalue weighted by molar-refractivity contribution is 5.92. The molecule has 12 rings (SSSR count). The van der Waals surface area contributed by atoms with Crippen molar-refractivity contribution in [3.63, 3.8) is 0 Å². The molecule has 18 heteroatoms. The number of hydrogen-bond acceptors (Lipinski definition) is 12. The fourth-order valence-corrected chi connectivity index (χ4v) is 9.67. The van der Waals surface area contributed by atoms with Crippen LogP contribution in [0.25, 0.3) is 65.4 Å². The van der Waals surface area contributed by atoms with E-state index in [1.807, 2.05) is 55.5 Å². The minimum Gasteiger partial charge on any atom is -0.507 e. The molecular formula is C72H96N12O6. The van der Waals surface area contributed by atoms with Gasteiger partial charge in [0.25, 0.3) is 0 Å². The number of nitrogens with zero attached hydrogens (tertiary/aromatic N) is 6. The number of aromatic hydroxyl groups is 6. The number of rotatable bonds is 18. The van der Waals surface area contributed by atoms with Crippen LogP contribution in [0.5, 0.6) is 34.5 Å². The SMILES string of the molecule is [2H]C(CN(C)C([2H])([2H])[2H])c1c[nH]c2cccc(O)c12.[2H]C(CN(C)C([2H])([2H])[2H])c1c[nH]c2cccc(O)c12.[2H]C(Cc1c[nH]c2cccc(O)c12)N(C)C.[2H]C(Cc1c[nH]c2cccc(O)c12)N(C)C([2H])([2H])[2H].[2H]C(Cc1c[nH]c2cccc(O)c12)N(C)C([2H])([2H])[2H].[2H]C(c1c[nH]c2cccc(O)c12)C([2H])N(C)C. The van der Waals surface area contributed by atoms with Crippen molar-refractivity contribution >= 4 is 65.4 Å². The molecule has 480 valence electrons. The van der Waals surface area contributed by atoms with Gasteiger partial charge in [-0.3, -0.25) is 0 Å². The van der Waals surface area contributed by atoms with Gasteiger partial charge in [0.1, 0.15) is 34.5 Å². The number of phenols is 6. The lowest BCUT2D eigenvalue weighted by molar-refractivity contribution is 0.414. The molecule has 6 aromatic carbocycles. The van der Waals surface area contributed by atoms with Crippen LogP contribution in [-0.2, 0) is 38.5 Å². The first-order valence-corrected chi connectivity index (χ1v) is 28.7. The van der Waals surface area contributed by atoms with Crippen LogP contribution >= 0.6 is 0 Å². The molecule has 0 amide bonds. The van der Waals surface area contributed by atoms with Gasteiger partial charge in [-0.2, -0.15) is 0 Å². The first-order chi connectivity index (χ1) is 50.8. The van der Waals surface area contributed by atoms with Gasteiger partial charge in [-0.05, 0) is 229 Å². The zero-order chi connectivity index (χ0) is 81.1. The van der Waals surface area contributed by atoms with E-state index in [2.05, 4.69) is 29.9 Å². The van der Waals surface area contributed by atoms with Crippen LogP contribution in [0.3, 0.4) is 0 Å². The maximum atomic E-state index is 9.86. The van der Waals surface area contributed by atoms with E-state index in [4.69, 9.17) is 26.0 Å². The summed E-state index contributed by atoms with van der Waals surface area (Å²) in [4.78, 5) is 26.0. The quantitative estimate of drug-likeness (QED) is 0.0385. The molecule has 0 bridgehead atoms. The van der Waals surface area contributed by atoms with Gasteiger partial charge in [0.05, 0.1) is 0 Å². The molecule has 0 radical (unpaired) electrons. The van der Waals surface area contributed by atoms with E-state index in [1.165, 1.54) is 28.2 Å². The minimum atomic E-state index is -2.29. The van der Waals surface area contributed by atoms with E-state index in [1.54, 1.807) is 129 Å². The summed E-state index contributed by atoms with van der Waals surface area (Å²) in [5.74, 6) is 0.904. The smallest absolute Gasteiger partial charge is 0.125 e. The Kier molecular flexibility index (Phi) is 17.0. The second-order valence-electron chi connectivity index (χ2n) is 21.7. The van der Waals surface area contributed by atoms with Gasteiger partial charge in [-0.1, -0.05) is 36.4 Å². The fourth-order valence-electron chi connectivity index (χ4n) is 9.67. The highest BCUT2D eigenvalue weighted by Crippen LogP contribution is 2.33. The molecule has 0 aliphatic rings. The first-order valence-electron chi connectivity index (χ1n) is 38.7. The number of hydrogen-bond donors (Lipinski definition) is 12. The Morgan fingerprint density at radius 1 is 0.289 bits per heavy atom. The van der Waals surface area contributed by atoms with E-state index < -0.39 is 66.7 Å². The molecule has 0 aliphatic heterocycles. The van der Waals surface area contributed by atoms with E-state index >= 15 is 0 Å². The van der Waals surface area contributed by atoms with Gasteiger partial charge in [0, 0.05) is 168 Å². The summed E-state index contributed by atoms with van der Waals surface area (Å²) in [6, 6.07) is 31.0. The van der Waals surface area contributed by atoms with Crippen LogP contribution in [-0.4, -0.2) is 213 Å². The Labute approximate surface area is 556 Å². The van der Waals surface area contributed by atoms with Gasteiger partial charge < -0.3 is 89.9 Å². The molecule has 7 atom stereocenters. The Balaban J connectivity index is 0.000000182. The first kappa shape index (κ1) is 46.2. The van der Waals surface area contributed by atoms with Crippen molar-refractivity contribution in [1.29, 1.82) is 0 Å². The average Bonchev–Trinajstić information content (AvgIpc) is 1.71. The van der Waals surface area contributed by atoms with Crippen LogP contribution in [0.15, 0.2) is 146 Å². The Hall–Kier alpha value is -8.88. The van der Waals surface area contributed by atoms with Gasteiger partial charge in [-0.15, -0.1) is 0 Å². The number of benzene rings is 6. The molecule has 7 unspecified atom stereocenters. The molecule has 0 saturated carbocycles. The van der Waals surface area contributed by atoms with Crippen molar-refractivity contribution < 1.29 is 56.7 Å². The second-order valence-corrected chi connectivity index (χ2v) is 21.7. The summed E-state index contributed by atoms with van der Waals surface area (Å²) in [5, 5.41) is 63.0. The zero-order valence-corrected chi connectivity index (χ0v) is 51.8. The van der Waals surface area contributed by atoms with Gasteiger partial charge in [-0.25, -0.2) is 0 Å². The highest BCUT2D eigenvalue weighted by Gasteiger charge is 2.13. The average molecular weight is 1240 g/mol. The molecule has 12 N–H and O–H groups in total. The van der Waals surface area contributed by atoms with E-state index in [-0.39, 0.29) is 66.9 Å². The largest absolute Gasteiger partial charge is 0.507 e. The highest BCUT2D eigenvalue weighted by atomic mass is 16.3. The molecule has 0 saturated heterocycles. The molecule has 6 heterocycles. The molecule has 90 heavy (non-hydrogen) atoms. The third kappa shape index (κ3) is 19.1. The maximum Gasteiger partial charge on any atom is 0.125 e. The van der Waals surface area contributed by atoms with E-state index in [9.17, 15) is 30.6 Å². The topological polar surface area (TPSA) is 236 Å². The molecular weight excluding hydrogens is 1130 g/mol. The van der Waals surface area contributed by atoms with Crippen LogP contribution in [0.1, 0.15) is 59.4 Å². The molecule has 6 aromatic heterocycles. The van der Waals surface area contributed by atoms with Gasteiger partial charge in [0.15, 0.2) is 0 Å². The van der Waals surface area contributed by atoms with E-state index in [0.29, 0.717) is 50.0 Å². The maximum absolute atomic E-state index is 9.86. The fraction of sp³-hybridized carbons (Fsp3) is 0.333. The second kappa shape index (κ2) is 33.1. The lowest BCUT2D eigenvalue weighted by Gasteiger charge is -2.08. The van der Waals surface area contributed by atoms with Crippen LogP contribution in [0, 0.1) is 0 Å². The summed E-state index contributed by atoms with van der Waals surface area (Å²) in [6.45, 7) is -11.6. The van der Waals surface area contributed by atoms with Crippen LogP contribution in [0.2, 0.25) is 0 Å². The van der Waals surface area contributed by atoms with Crippen molar-refractivity contribution in [1.82, 2.24) is 59.3 Å². The third-order valence-corrected chi connectivity index (χ3v) is 14.0. The lowest BCUT2D eigenvalue weighted by atomic mass is 10.1. The summed E-state index contributed by atoms with van der Waals surface area (Å²) in [7, 11) is 13.0. The normalized spacial score (nSPS) is 17.5. The van der Waals surface area contributed by atoms with Gasteiger partial charge >= 0.3 is 0 Å². The molecule has 0 aliphatic carbocycles. The Morgan fingerprint density at radius 3 is 0.756 bits per heavy atom. The lowest BCUT2D eigenvalue weighted by Crippen LogP contribution is -2.14. The number of nitrogens with one attached hydrogen (secondary N) is 6. The number of likely N-dealkylation sites (N-methyl/N-ethyl adjacent to an activating group) is 6. The Morgan fingerprint density at radius 2 is 0.511 bits per heavy atom. The molecule has 12 aromatic rings. The number of aromatic nitrogens is 6. The summed E-state index contributed by atoms with van der Waals surface area (Å²) < 4.78 is 143. The summed E-state index contributed by atoms with van der Waals surface area (Å²) >= 11 is 0. The minimum absolute atomic E-state index is 0.0672. The van der Waals surface area contributed by atoms with Crippen molar-refractivity contribution in [2.75, 3.05) is 123 Å². The predicted octanol–water partition coefficient (Wildman–Crippen LogP) is 11.9. The monoisotopic (exact) mass is 1240 g/mol. The van der Waals surface area contributed by atoms with Crippen molar-refractivity contribution in [3.8, 4) is 34.5 Å². The standard InChI is InChI=1S/6C12H16N2O/c6*1-14(2)7-6-9-8-13-10-4-3-5-11(15)12(9)10/h6*3-5,8,13,15H,6-7H2,1-2H3/i6D,7D;2*1D3,7D;2*1D3,6D;7D. The van der Waals surface area contributed by atoms with Crippen molar-refractivity contribution in [2.24, 2.45) is 0 Å². The summed E-state index contributed by atoms with van der Waals surface area (Å²) in [6.07, 6.45) is 9.14. The molecule has 0 spiro atoms. The van der Waals surface area contributed by atoms with Crippen molar-refractivity contribution in [3.05, 3.63) is 180 Å². The third-order valence-electron chi connectivity index (χ3n) is 14.0. The van der Waals surface area contributed by atoms with Gasteiger partial charge in [0.2, 0.25) is 0 Å². The van der Waals surface area contributed by atoms with Crippen molar-refractivity contribution in [2.45, 2.75) is 38.5 Å². The zero-order valence-electron chi connectivity index (χ0n) is 70.8. The number of fused-ring (bicyclic) bond motifs is 6. The number of H-pyrrole nitrogens is 6. The van der Waals surface area contributed by atoms with Crippen LogP contribution in [0.4, 0.5) is 0 Å². The molecule has 0 fully saturated rings. The number of phenolic OH excluding ortho intramolecular Hbond substituents is 6. The number of aryl methyl sites for hydroxylation is 4. The Bertz CT molecular complexity index is 4690.